The number of hydrogen-bond acceptors (Lipinski definition) is 4. The van der Waals surface area contributed by atoms with Crippen LogP contribution < -0.4 is 11.0 Å². The maximum absolute atomic E-state index is 11.8. The molecule has 2 rings (SSSR count). The van der Waals surface area contributed by atoms with E-state index in [4.69, 9.17) is 0 Å². The van der Waals surface area contributed by atoms with Crippen LogP contribution in [0.1, 0.15) is 38.4 Å². The van der Waals surface area contributed by atoms with Crippen molar-refractivity contribution >= 4 is 27.7 Å². The van der Waals surface area contributed by atoms with Gasteiger partial charge in [-0.15, -0.1) is 5.10 Å². The monoisotopic (exact) mass is 370 g/mol. The molecule has 0 bridgehead atoms. The van der Waals surface area contributed by atoms with E-state index in [1.54, 1.807) is 4.57 Å². The second-order valence-corrected chi connectivity index (χ2v) is 6.99. The van der Waals surface area contributed by atoms with E-state index in [9.17, 15) is 4.79 Å². The number of hydrogen-bond donors (Lipinski definition) is 2. The minimum absolute atomic E-state index is 0.0658. The van der Waals surface area contributed by atoms with Gasteiger partial charge < -0.3 is 5.32 Å². The molecule has 1 heterocycles. The summed E-state index contributed by atoms with van der Waals surface area (Å²) in [5, 5.41) is 10.6. The zero-order valence-electron chi connectivity index (χ0n) is 12.5. The summed E-state index contributed by atoms with van der Waals surface area (Å²) < 4.78 is 2.67. The highest BCUT2D eigenvalue weighted by molar-refractivity contribution is 9.10. The fourth-order valence-electron chi connectivity index (χ4n) is 2.03. The van der Waals surface area contributed by atoms with Crippen LogP contribution in [-0.4, -0.2) is 21.8 Å². The van der Waals surface area contributed by atoms with Crippen LogP contribution in [0.2, 0.25) is 0 Å². The van der Waals surface area contributed by atoms with Gasteiger partial charge in [-0.25, -0.2) is 9.89 Å². The Hall–Kier alpha value is -1.05. The minimum atomic E-state index is -0.175. The van der Waals surface area contributed by atoms with Crippen molar-refractivity contribution in [3.05, 3.63) is 38.7 Å². The number of aromatic nitrogens is 3. The predicted molar refractivity (Wildman–Crippen MR) is 89.0 cm³/mol. The molecule has 0 aliphatic carbocycles. The molecule has 114 valence electrons. The van der Waals surface area contributed by atoms with E-state index in [2.05, 4.69) is 50.5 Å². The van der Waals surface area contributed by atoms with Gasteiger partial charge in [-0.2, -0.15) is 0 Å². The number of aromatic amines is 1. The van der Waals surface area contributed by atoms with Crippen LogP contribution in [0.3, 0.4) is 0 Å². The standard InChI is InChI=1S/C14H19BrN4OS/c1-8(2)19-13(20)17-18-14(19)21-12-7-10(15)5-6-11(12)9(3)16-4/h5-9,16H,1-4H3,(H,17,20). The predicted octanol–water partition coefficient (Wildman–Crippen LogP) is 3.35. The Morgan fingerprint density at radius 3 is 2.71 bits per heavy atom. The molecule has 0 amide bonds. The number of nitrogens with zero attached hydrogens (tertiary/aromatic N) is 2. The lowest BCUT2D eigenvalue weighted by molar-refractivity contribution is 0.534. The van der Waals surface area contributed by atoms with E-state index in [1.807, 2.05) is 27.0 Å². The molecule has 0 spiro atoms. The summed E-state index contributed by atoms with van der Waals surface area (Å²) in [4.78, 5) is 12.9. The van der Waals surface area contributed by atoms with Gasteiger partial charge in [-0.3, -0.25) is 4.57 Å². The molecule has 2 aromatic rings. The van der Waals surface area contributed by atoms with Gasteiger partial charge in [0.2, 0.25) is 0 Å². The highest BCUT2D eigenvalue weighted by Crippen LogP contribution is 2.34. The van der Waals surface area contributed by atoms with E-state index in [0.29, 0.717) is 5.16 Å². The first kappa shape index (κ1) is 16.3. The van der Waals surface area contributed by atoms with Crippen LogP contribution in [0.25, 0.3) is 0 Å². The molecule has 7 heteroatoms. The van der Waals surface area contributed by atoms with Crippen molar-refractivity contribution in [2.45, 2.75) is 42.9 Å². The third-order valence-electron chi connectivity index (χ3n) is 3.26. The van der Waals surface area contributed by atoms with E-state index >= 15 is 0 Å². The molecule has 0 fully saturated rings. The van der Waals surface area contributed by atoms with Crippen LogP contribution in [0.15, 0.2) is 37.5 Å². The average Bonchev–Trinajstić information content (AvgIpc) is 2.79. The molecule has 1 atom stereocenters. The smallest absolute Gasteiger partial charge is 0.313 e. The Bertz CT molecular complexity index is 680. The Morgan fingerprint density at radius 2 is 2.10 bits per heavy atom. The fraction of sp³-hybridized carbons (Fsp3) is 0.429. The lowest BCUT2D eigenvalue weighted by atomic mass is 10.1. The fourth-order valence-corrected chi connectivity index (χ4v) is 3.77. The zero-order valence-corrected chi connectivity index (χ0v) is 14.9. The molecule has 0 aliphatic heterocycles. The zero-order chi connectivity index (χ0) is 15.6. The molecule has 0 saturated carbocycles. The molecule has 21 heavy (non-hydrogen) atoms. The van der Waals surface area contributed by atoms with Gasteiger partial charge in [-0.05, 0) is 57.3 Å². The summed E-state index contributed by atoms with van der Waals surface area (Å²) in [5.74, 6) is 0. The van der Waals surface area contributed by atoms with Gasteiger partial charge in [-0.1, -0.05) is 22.0 Å². The Balaban J connectivity index is 2.44. The van der Waals surface area contributed by atoms with Crippen molar-refractivity contribution in [3.63, 3.8) is 0 Å². The SMILES string of the molecule is CNC(C)c1ccc(Br)cc1Sc1n[nH]c(=O)n1C(C)C. The van der Waals surface area contributed by atoms with Crippen molar-refractivity contribution in [3.8, 4) is 0 Å². The molecule has 0 aliphatic rings. The third kappa shape index (κ3) is 3.59. The van der Waals surface area contributed by atoms with E-state index < -0.39 is 0 Å². The molecular formula is C14H19BrN4OS. The molecule has 1 unspecified atom stereocenters. The highest BCUT2D eigenvalue weighted by Gasteiger charge is 2.16. The maximum Gasteiger partial charge on any atom is 0.344 e. The summed E-state index contributed by atoms with van der Waals surface area (Å²) in [7, 11) is 1.93. The molecule has 1 aromatic carbocycles. The summed E-state index contributed by atoms with van der Waals surface area (Å²) in [5.41, 5.74) is 1.00. The lowest BCUT2D eigenvalue weighted by Gasteiger charge is -2.16. The molecule has 2 N–H and O–H groups in total. The average molecular weight is 371 g/mol. The Kier molecular flexibility index (Phi) is 5.29. The topological polar surface area (TPSA) is 62.7 Å². The van der Waals surface area contributed by atoms with Crippen molar-refractivity contribution in [2.24, 2.45) is 0 Å². The van der Waals surface area contributed by atoms with Gasteiger partial charge in [0.15, 0.2) is 5.16 Å². The normalized spacial score (nSPS) is 12.9. The molecular weight excluding hydrogens is 352 g/mol. The van der Waals surface area contributed by atoms with Crippen LogP contribution >= 0.6 is 27.7 Å². The molecule has 0 radical (unpaired) electrons. The third-order valence-corrected chi connectivity index (χ3v) is 4.80. The van der Waals surface area contributed by atoms with Gasteiger partial charge in [0.1, 0.15) is 0 Å². The number of benzene rings is 1. The summed E-state index contributed by atoms with van der Waals surface area (Å²) >= 11 is 5.00. The van der Waals surface area contributed by atoms with Crippen molar-refractivity contribution in [1.29, 1.82) is 0 Å². The van der Waals surface area contributed by atoms with Crippen LogP contribution in [0, 0.1) is 0 Å². The van der Waals surface area contributed by atoms with Crippen LogP contribution in [0.4, 0.5) is 0 Å². The molecule has 5 nitrogen and oxygen atoms in total. The van der Waals surface area contributed by atoms with E-state index in [0.717, 1.165) is 9.37 Å². The second-order valence-electron chi connectivity index (χ2n) is 5.07. The quantitative estimate of drug-likeness (QED) is 0.846. The molecule has 0 saturated heterocycles. The van der Waals surface area contributed by atoms with Crippen molar-refractivity contribution < 1.29 is 0 Å². The van der Waals surface area contributed by atoms with E-state index in [-0.39, 0.29) is 17.8 Å². The Morgan fingerprint density at radius 1 is 1.38 bits per heavy atom. The first-order chi connectivity index (χ1) is 9.93. The van der Waals surface area contributed by atoms with Gasteiger partial charge in [0, 0.05) is 21.5 Å². The summed E-state index contributed by atoms with van der Waals surface area (Å²) in [6.07, 6.45) is 0. The van der Waals surface area contributed by atoms with Crippen LogP contribution in [-0.2, 0) is 0 Å². The molecule has 1 aromatic heterocycles. The summed E-state index contributed by atoms with van der Waals surface area (Å²) in [6, 6.07) is 6.44. The van der Waals surface area contributed by atoms with Gasteiger partial charge in [0.25, 0.3) is 0 Å². The highest BCUT2D eigenvalue weighted by atomic mass is 79.9. The number of halogens is 1. The largest absolute Gasteiger partial charge is 0.344 e. The lowest BCUT2D eigenvalue weighted by Crippen LogP contribution is -2.19. The second kappa shape index (κ2) is 6.81. The van der Waals surface area contributed by atoms with E-state index in [1.165, 1.54) is 17.3 Å². The first-order valence-corrected chi connectivity index (χ1v) is 8.36. The number of rotatable bonds is 5. The number of H-pyrrole nitrogens is 1. The van der Waals surface area contributed by atoms with Crippen LogP contribution in [0.5, 0.6) is 0 Å². The van der Waals surface area contributed by atoms with Gasteiger partial charge in [0.05, 0.1) is 0 Å². The minimum Gasteiger partial charge on any atom is -0.313 e. The van der Waals surface area contributed by atoms with Crippen molar-refractivity contribution in [2.75, 3.05) is 7.05 Å². The Labute approximate surface area is 136 Å². The van der Waals surface area contributed by atoms with Gasteiger partial charge >= 0.3 is 5.69 Å². The van der Waals surface area contributed by atoms with Crippen molar-refractivity contribution in [1.82, 2.24) is 20.1 Å². The maximum atomic E-state index is 11.8. The summed E-state index contributed by atoms with van der Waals surface area (Å²) in [6.45, 7) is 6.05. The first-order valence-electron chi connectivity index (χ1n) is 6.75. The number of nitrogens with one attached hydrogen (secondary N) is 2.